The van der Waals surface area contributed by atoms with E-state index >= 15 is 0 Å². The highest BCUT2D eigenvalue weighted by atomic mass is 127. The first-order valence-corrected chi connectivity index (χ1v) is 7.14. The first-order valence-electron chi connectivity index (χ1n) is 6.34. The van der Waals surface area contributed by atoms with Crippen LogP contribution in [0.4, 0.5) is 17.6 Å². The lowest BCUT2D eigenvalue weighted by Gasteiger charge is -2.12. The molecule has 9 heteroatoms. The molecule has 22 heavy (non-hydrogen) atoms. The Hall–Kier alpha value is -0.580. The van der Waals surface area contributed by atoms with Crippen molar-refractivity contribution in [3.63, 3.8) is 0 Å². The minimum atomic E-state index is -4.21. The van der Waals surface area contributed by atoms with Gasteiger partial charge in [-0.2, -0.15) is 13.2 Å². The van der Waals surface area contributed by atoms with Gasteiger partial charge in [-0.15, -0.1) is 24.0 Å². The highest BCUT2D eigenvalue weighted by molar-refractivity contribution is 14.0. The molecule has 1 rings (SSSR count). The van der Waals surface area contributed by atoms with Crippen LogP contribution in [0, 0.1) is 5.82 Å². The van der Waals surface area contributed by atoms with Gasteiger partial charge in [-0.1, -0.05) is 6.07 Å². The fourth-order valence-electron chi connectivity index (χ4n) is 1.47. The Bertz CT molecular complexity index is 495. The monoisotopic (exact) mass is 497 g/mol. The second kappa shape index (κ2) is 10.2. The van der Waals surface area contributed by atoms with Crippen molar-refractivity contribution >= 4 is 45.9 Å². The van der Waals surface area contributed by atoms with Gasteiger partial charge in [0.05, 0.1) is 17.4 Å². The van der Waals surface area contributed by atoms with Gasteiger partial charge in [0.25, 0.3) is 0 Å². The van der Waals surface area contributed by atoms with E-state index in [9.17, 15) is 17.6 Å². The normalized spacial score (nSPS) is 11.8. The largest absolute Gasteiger partial charge is 0.390 e. The van der Waals surface area contributed by atoms with Gasteiger partial charge in [-0.3, -0.25) is 0 Å². The summed E-state index contributed by atoms with van der Waals surface area (Å²) in [4.78, 5) is 4.12. The number of hydrogen-bond acceptors (Lipinski definition) is 1. The number of hydrogen-bond donors (Lipinski definition) is 2. The van der Waals surface area contributed by atoms with E-state index in [0.29, 0.717) is 16.6 Å². The third kappa shape index (κ3) is 8.76. The number of benzene rings is 1. The van der Waals surface area contributed by atoms with Gasteiger partial charge < -0.3 is 10.6 Å². The molecule has 0 aromatic heterocycles. The smallest absolute Gasteiger partial charge is 0.357 e. The SMILES string of the molecule is CCNC(=NCc1ccc(Br)c(F)c1)NCCC(F)(F)F.I. The van der Waals surface area contributed by atoms with Crippen LogP contribution in [0.3, 0.4) is 0 Å². The molecule has 0 aliphatic rings. The third-order valence-corrected chi connectivity index (χ3v) is 3.09. The molecule has 2 N–H and O–H groups in total. The molecule has 1 aromatic rings. The molecule has 126 valence electrons. The summed E-state index contributed by atoms with van der Waals surface area (Å²) < 4.78 is 49.9. The van der Waals surface area contributed by atoms with Crippen molar-refractivity contribution in [3.05, 3.63) is 34.1 Å². The van der Waals surface area contributed by atoms with E-state index in [-0.39, 0.29) is 43.0 Å². The second-order valence-corrected chi connectivity index (χ2v) is 5.09. The van der Waals surface area contributed by atoms with Gasteiger partial charge in [-0.05, 0) is 40.5 Å². The van der Waals surface area contributed by atoms with E-state index < -0.39 is 18.4 Å². The van der Waals surface area contributed by atoms with E-state index in [4.69, 9.17) is 0 Å². The molecule has 1 aromatic carbocycles. The van der Waals surface area contributed by atoms with Gasteiger partial charge in [0.15, 0.2) is 5.96 Å². The first kappa shape index (κ1) is 21.4. The summed E-state index contributed by atoms with van der Waals surface area (Å²) in [6, 6.07) is 4.58. The quantitative estimate of drug-likeness (QED) is 0.277. The molecular formula is C13H17BrF4IN3. The Labute approximate surface area is 152 Å². The Morgan fingerprint density at radius 2 is 1.95 bits per heavy atom. The molecule has 0 saturated heterocycles. The maximum atomic E-state index is 13.3. The van der Waals surface area contributed by atoms with Crippen LogP contribution in [0.1, 0.15) is 18.9 Å². The molecule has 0 amide bonds. The second-order valence-electron chi connectivity index (χ2n) is 4.24. The fourth-order valence-corrected chi connectivity index (χ4v) is 1.72. The lowest BCUT2D eigenvalue weighted by Crippen LogP contribution is -2.38. The molecule has 0 radical (unpaired) electrons. The molecule has 0 aliphatic carbocycles. The summed E-state index contributed by atoms with van der Waals surface area (Å²) in [5.41, 5.74) is 0.628. The zero-order chi connectivity index (χ0) is 15.9. The van der Waals surface area contributed by atoms with E-state index in [0.717, 1.165) is 0 Å². The van der Waals surface area contributed by atoms with Crippen LogP contribution in [0.2, 0.25) is 0 Å². The number of aliphatic imine (C=N–C) groups is 1. The molecule has 0 heterocycles. The fraction of sp³-hybridized carbons (Fsp3) is 0.462. The van der Waals surface area contributed by atoms with Crippen molar-refractivity contribution < 1.29 is 17.6 Å². The molecule has 0 bridgehead atoms. The van der Waals surface area contributed by atoms with Crippen molar-refractivity contribution in [2.45, 2.75) is 26.1 Å². The molecular weight excluding hydrogens is 481 g/mol. The number of rotatable bonds is 5. The summed E-state index contributed by atoms with van der Waals surface area (Å²) in [6.45, 7) is 2.24. The summed E-state index contributed by atoms with van der Waals surface area (Å²) in [6.07, 6.45) is -5.15. The van der Waals surface area contributed by atoms with Gasteiger partial charge in [0, 0.05) is 13.1 Å². The minimum Gasteiger partial charge on any atom is -0.357 e. The minimum absolute atomic E-state index is 0. The van der Waals surface area contributed by atoms with Crippen LogP contribution in [0.15, 0.2) is 27.7 Å². The topological polar surface area (TPSA) is 36.4 Å². The first-order chi connectivity index (χ1) is 9.81. The number of alkyl halides is 3. The zero-order valence-electron chi connectivity index (χ0n) is 11.8. The summed E-state index contributed by atoms with van der Waals surface area (Å²) in [5.74, 6) is -0.136. The van der Waals surface area contributed by atoms with Gasteiger partial charge in [0.1, 0.15) is 5.82 Å². The van der Waals surface area contributed by atoms with Crippen LogP contribution < -0.4 is 10.6 Å². The van der Waals surface area contributed by atoms with Crippen LogP contribution in [-0.4, -0.2) is 25.2 Å². The number of nitrogens with one attached hydrogen (secondary N) is 2. The van der Waals surface area contributed by atoms with Gasteiger partial charge in [0.2, 0.25) is 0 Å². The number of nitrogens with zero attached hydrogens (tertiary/aromatic N) is 1. The Kier molecular flexibility index (Phi) is 9.97. The molecule has 0 unspecified atom stereocenters. The lowest BCUT2D eigenvalue weighted by atomic mass is 10.2. The Morgan fingerprint density at radius 1 is 1.27 bits per heavy atom. The van der Waals surface area contributed by atoms with Crippen molar-refractivity contribution in [2.75, 3.05) is 13.1 Å². The van der Waals surface area contributed by atoms with Crippen molar-refractivity contribution in [2.24, 2.45) is 4.99 Å². The van der Waals surface area contributed by atoms with E-state index in [1.807, 2.05) is 0 Å². The van der Waals surface area contributed by atoms with Gasteiger partial charge in [-0.25, -0.2) is 9.38 Å². The molecule has 0 atom stereocenters. The van der Waals surface area contributed by atoms with Crippen molar-refractivity contribution in [1.29, 1.82) is 0 Å². The summed E-state index contributed by atoms with van der Waals surface area (Å²) >= 11 is 3.04. The van der Waals surface area contributed by atoms with E-state index in [1.54, 1.807) is 19.1 Å². The number of halogens is 6. The van der Waals surface area contributed by atoms with Crippen LogP contribution in [0.5, 0.6) is 0 Å². The molecule has 0 fully saturated rings. The molecule has 3 nitrogen and oxygen atoms in total. The van der Waals surface area contributed by atoms with Crippen LogP contribution in [-0.2, 0) is 6.54 Å². The number of guanidine groups is 1. The maximum absolute atomic E-state index is 13.3. The van der Waals surface area contributed by atoms with Crippen molar-refractivity contribution in [3.8, 4) is 0 Å². The van der Waals surface area contributed by atoms with Gasteiger partial charge >= 0.3 is 6.18 Å². The van der Waals surface area contributed by atoms with Crippen LogP contribution in [0.25, 0.3) is 0 Å². The highest BCUT2D eigenvalue weighted by Gasteiger charge is 2.26. The molecule has 0 saturated carbocycles. The van der Waals surface area contributed by atoms with Crippen LogP contribution >= 0.6 is 39.9 Å². The third-order valence-electron chi connectivity index (χ3n) is 2.45. The molecule has 0 spiro atoms. The standard InChI is InChI=1S/C13H16BrF4N3.HI/c1-2-19-12(20-6-5-13(16,17)18)21-8-9-3-4-10(14)11(15)7-9;/h3-4,7H,2,5-6,8H2,1H3,(H2,19,20,21);1H. The summed E-state index contributed by atoms with van der Waals surface area (Å²) in [7, 11) is 0. The molecule has 0 aliphatic heterocycles. The maximum Gasteiger partial charge on any atom is 0.390 e. The van der Waals surface area contributed by atoms with E-state index in [1.165, 1.54) is 6.07 Å². The highest BCUT2D eigenvalue weighted by Crippen LogP contribution is 2.18. The lowest BCUT2D eigenvalue weighted by molar-refractivity contribution is -0.132. The Morgan fingerprint density at radius 3 is 2.50 bits per heavy atom. The predicted molar refractivity (Wildman–Crippen MR) is 93.0 cm³/mol. The Balaban J connectivity index is 0.00000441. The van der Waals surface area contributed by atoms with Crippen molar-refractivity contribution in [1.82, 2.24) is 10.6 Å². The average Bonchev–Trinajstić information content (AvgIpc) is 2.38. The van der Waals surface area contributed by atoms with E-state index in [2.05, 4.69) is 31.6 Å². The summed E-state index contributed by atoms with van der Waals surface area (Å²) in [5, 5.41) is 5.42. The average molecular weight is 498 g/mol. The zero-order valence-corrected chi connectivity index (χ0v) is 15.7. The predicted octanol–water partition coefficient (Wildman–Crippen LogP) is 4.21.